The summed E-state index contributed by atoms with van der Waals surface area (Å²) >= 11 is 7.51. The third kappa shape index (κ3) is 3.65. The number of rotatable bonds is 5. The maximum Gasteiger partial charge on any atom is 0.248 e. The van der Waals surface area contributed by atoms with Gasteiger partial charge in [-0.3, -0.25) is 9.20 Å². The monoisotopic (exact) mass is 410 g/mol. The molecule has 3 aromatic rings. The molecule has 0 atom stereocenters. The van der Waals surface area contributed by atoms with Gasteiger partial charge in [0.2, 0.25) is 15.9 Å². The van der Waals surface area contributed by atoms with Gasteiger partial charge < -0.3 is 5.32 Å². The first-order valence-corrected chi connectivity index (χ1v) is 10.2. The van der Waals surface area contributed by atoms with E-state index in [0.717, 1.165) is 4.96 Å². The van der Waals surface area contributed by atoms with E-state index in [0.29, 0.717) is 22.1 Å². The number of benzene rings is 1. The maximum absolute atomic E-state index is 12.2. The molecule has 0 saturated carbocycles. The number of carbonyl (C=O) groups excluding carboxylic acids is 1. The molecule has 26 heavy (non-hydrogen) atoms. The van der Waals surface area contributed by atoms with E-state index in [-0.39, 0.29) is 4.90 Å². The van der Waals surface area contributed by atoms with Crippen LogP contribution < -0.4 is 10.0 Å². The number of imidazole rings is 1. The predicted molar refractivity (Wildman–Crippen MR) is 103 cm³/mol. The highest BCUT2D eigenvalue weighted by atomic mass is 35.5. The molecule has 136 valence electrons. The summed E-state index contributed by atoms with van der Waals surface area (Å²) < 4.78 is 28.1. The Morgan fingerprint density at radius 3 is 2.88 bits per heavy atom. The standard InChI is InChI=1S/C16H15ClN4O3S2/c1-10-3-4-11(9-13(10)26(23,24)18-2)19-14(22)6-5-12-15(17)20-16-21(12)7-8-25-16/h3-9,18H,1-2H3,(H,19,22)/b6-5+. The van der Waals surface area contributed by atoms with E-state index >= 15 is 0 Å². The number of nitrogens with zero attached hydrogens (tertiary/aromatic N) is 2. The minimum absolute atomic E-state index is 0.112. The molecule has 0 spiro atoms. The Morgan fingerprint density at radius 1 is 1.38 bits per heavy atom. The van der Waals surface area contributed by atoms with Gasteiger partial charge in [0.05, 0.1) is 10.6 Å². The lowest BCUT2D eigenvalue weighted by Crippen LogP contribution is -2.20. The van der Waals surface area contributed by atoms with Crippen LogP contribution in [-0.4, -0.2) is 30.8 Å². The quantitative estimate of drug-likeness (QED) is 0.632. The molecule has 0 aliphatic carbocycles. The van der Waals surface area contributed by atoms with Gasteiger partial charge in [-0.2, -0.15) is 0 Å². The number of aromatic nitrogens is 2. The Labute approximate surface area is 159 Å². The molecule has 1 aromatic carbocycles. The largest absolute Gasteiger partial charge is 0.322 e. The van der Waals surface area contributed by atoms with Crippen LogP contribution in [0.2, 0.25) is 5.15 Å². The number of fused-ring (bicyclic) bond motifs is 1. The predicted octanol–water partition coefficient (Wildman–Crippen LogP) is 2.92. The second-order valence-corrected chi connectivity index (χ2v) is 8.44. The first-order valence-electron chi connectivity index (χ1n) is 7.46. The van der Waals surface area contributed by atoms with Crippen molar-refractivity contribution in [1.82, 2.24) is 14.1 Å². The zero-order valence-corrected chi connectivity index (χ0v) is 16.2. The smallest absolute Gasteiger partial charge is 0.248 e. The molecule has 0 radical (unpaired) electrons. The summed E-state index contributed by atoms with van der Waals surface area (Å²) in [6, 6.07) is 4.68. The average molecular weight is 411 g/mol. The summed E-state index contributed by atoms with van der Waals surface area (Å²) in [7, 11) is -2.27. The fourth-order valence-corrected chi connectivity index (χ4v) is 4.34. The molecule has 0 fully saturated rings. The third-order valence-electron chi connectivity index (χ3n) is 3.66. The van der Waals surface area contributed by atoms with Crippen LogP contribution in [0.15, 0.2) is 40.7 Å². The number of amides is 1. The summed E-state index contributed by atoms with van der Waals surface area (Å²) in [5.74, 6) is -0.414. The Hall–Kier alpha value is -2.20. The maximum atomic E-state index is 12.2. The molecule has 1 amide bonds. The lowest BCUT2D eigenvalue weighted by Gasteiger charge is -2.09. The van der Waals surface area contributed by atoms with Gasteiger partial charge in [-0.15, -0.1) is 11.3 Å². The molecule has 7 nitrogen and oxygen atoms in total. The van der Waals surface area contributed by atoms with Gasteiger partial charge in [0.1, 0.15) is 0 Å². The van der Waals surface area contributed by atoms with Crippen LogP contribution in [0.3, 0.4) is 0 Å². The first-order chi connectivity index (χ1) is 12.3. The van der Waals surface area contributed by atoms with Gasteiger partial charge in [0.25, 0.3) is 0 Å². The lowest BCUT2D eigenvalue weighted by molar-refractivity contribution is -0.111. The SMILES string of the molecule is CNS(=O)(=O)c1cc(NC(=O)/C=C/c2c(Cl)nc3sccn23)ccc1C. The molecule has 3 rings (SSSR count). The van der Waals surface area contributed by atoms with E-state index in [9.17, 15) is 13.2 Å². The number of thiazole rings is 1. The topological polar surface area (TPSA) is 92.6 Å². The van der Waals surface area contributed by atoms with Crippen molar-refractivity contribution in [3.63, 3.8) is 0 Å². The highest BCUT2D eigenvalue weighted by molar-refractivity contribution is 7.89. The van der Waals surface area contributed by atoms with Gasteiger partial charge in [-0.1, -0.05) is 17.7 Å². The Kier molecular flexibility index (Phi) is 5.15. The van der Waals surface area contributed by atoms with Crippen LogP contribution in [0.5, 0.6) is 0 Å². The first kappa shape index (κ1) is 18.6. The molecular weight excluding hydrogens is 396 g/mol. The fraction of sp³-hybridized carbons (Fsp3) is 0.125. The van der Waals surface area contributed by atoms with Crippen molar-refractivity contribution in [2.24, 2.45) is 0 Å². The number of carbonyl (C=O) groups is 1. The van der Waals surface area contributed by atoms with E-state index in [4.69, 9.17) is 11.6 Å². The molecule has 2 aromatic heterocycles. The number of hydrogen-bond acceptors (Lipinski definition) is 5. The summed E-state index contributed by atoms with van der Waals surface area (Å²) in [6.07, 6.45) is 4.69. The molecule has 0 unspecified atom stereocenters. The van der Waals surface area contributed by atoms with Crippen LogP contribution in [0.25, 0.3) is 11.0 Å². The van der Waals surface area contributed by atoms with E-state index in [2.05, 4.69) is 15.0 Å². The molecule has 2 N–H and O–H groups in total. The molecule has 0 saturated heterocycles. The summed E-state index contributed by atoms with van der Waals surface area (Å²) in [5.41, 5.74) is 1.55. The van der Waals surface area contributed by atoms with Gasteiger partial charge in [-0.05, 0) is 37.7 Å². The number of anilines is 1. The third-order valence-corrected chi connectivity index (χ3v) is 6.25. The van der Waals surface area contributed by atoms with Crippen LogP contribution in [0.1, 0.15) is 11.3 Å². The van der Waals surface area contributed by atoms with Crippen LogP contribution >= 0.6 is 22.9 Å². The molecule has 0 aliphatic rings. The van der Waals surface area contributed by atoms with Crippen molar-refractivity contribution < 1.29 is 13.2 Å². The highest BCUT2D eigenvalue weighted by Gasteiger charge is 2.15. The summed E-state index contributed by atoms with van der Waals surface area (Å²) in [6.45, 7) is 1.68. The second kappa shape index (κ2) is 7.20. The zero-order chi connectivity index (χ0) is 18.9. The van der Waals surface area contributed by atoms with E-state index < -0.39 is 15.9 Å². The van der Waals surface area contributed by atoms with Crippen LogP contribution in [0.4, 0.5) is 5.69 Å². The van der Waals surface area contributed by atoms with Gasteiger partial charge in [0, 0.05) is 23.3 Å². The minimum atomic E-state index is -3.61. The number of sulfonamides is 1. The van der Waals surface area contributed by atoms with Gasteiger partial charge >= 0.3 is 0 Å². The van der Waals surface area contributed by atoms with Crippen molar-refractivity contribution in [1.29, 1.82) is 0 Å². The zero-order valence-electron chi connectivity index (χ0n) is 13.9. The van der Waals surface area contributed by atoms with Crippen molar-refractivity contribution >= 4 is 55.6 Å². The van der Waals surface area contributed by atoms with E-state index in [1.165, 1.54) is 30.5 Å². The minimum Gasteiger partial charge on any atom is -0.322 e. The normalized spacial score (nSPS) is 12.1. The van der Waals surface area contributed by atoms with Crippen LogP contribution in [-0.2, 0) is 14.8 Å². The highest BCUT2D eigenvalue weighted by Crippen LogP contribution is 2.23. The summed E-state index contributed by atoms with van der Waals surface area (Å²) in [5, 5.41) is 4.81. The fourth-order valence-electron chi connectivity index (χ4n) is 2.34. The average Bonchev–Trinajstić information content (AvgIpc) is 3.15. The Bertz CT molecular complexity index is 1120. The molecule has 10 heteroatoms. The van der Waals surface area contributed by atoms with Gasteiger partial charge in [-0.25, -0.2) is 18.1 Å². The summed E-state index contributed by atoms with van der Waals surface area (Å²) in [4.78, 5) is 17.2. The molecule has 2 heterocycles. The Morgan fingerprint density at radius 2 is 2.15 bits per heavy atom. The van der Waals surface area contributed by atoms with Crippen molar-refractivity contribution in [2.45, 2.75) is 11.8 Å². The van der Waals surface area contributed by atoms with Crippen molar-refractivity contribution in [2.75, 3.05) is 12.4 Å². The molecule has 0 bridgehead atoms. The molecule has 0 aliphatic heterocycles. The van der Waals surface area contributed by atoms with Crippen LogP contribution in [0, 0.1) is 6.92 Å². The number of hydrogen-bond donors (Lipinski definition) is 2. The van der Waals surface area contributed by atoms with E-state index in [1.807, 2.05) is 11.6 Å². The van der Waals surface area contributed by atoms with E-state index in [1.54, 1.807) is 29.5 Å². The molecular formula is C16H15ClN4O3S2. The second-order valence-electron chi connectivity index (χ2n) is 5.35. The van der Waals surface area contributed by atoms with Gasteiger partial charge in [0.15, 0.2) is 10.1 Å². The number of nitrogens with one attached hydrogen (secondary N) is 2. The number of halogens is 1. The van der Waals surface area contributed by atoms with Crippen molar-refractivity contribution in [3.05, 3.63) is 52.3 Å². The Balaban J connectivity index is 1.81. The lowest BCUT2D eigenvalue weighted by atomic mass is 10.2. The number of aryl methyl sites for hydroxylation is 1. The van der Waals surface area contributed by atoms with Crippen molar-refractivity contribution in [3.8, 4) is 0 Å².